The van der Waals surface area contributed by atoms with Crippen molar-refractivity contribution in [1.82, 2.24) is 4.90 Å². The summed E-state index contributed by atoms with van der Waals surface area (Å²) in [4.78, 5) is 2.19. The van der Waals surface area contributed by atoms with Gasteiger partial charge >= 0.3 is 0 Å². The van der Waals surface area contributed by atoms with Gasteiger partial charge in [0.05, 0.1) is 0 Å². The zero-order valence-electron chi connectivity index (χ0n) is 14.5. The molecule has 0 saturated heterocycles. The van der Waals surface area contributed by atoms with Crippen molar-refractivity contribution in [2.75, 3.05) is 14.1 Å². The van der Waals surface area contributed by atoms with Crippen molar-refractivity contribution in [3.8, 4) is 0 Å². The molecule has 24 heavy (non-hydrogen) atoms. The third-order valence-corrected chi connectivity index (χ3v) is 8.09. The Morgan fingerprint density at radius 3 is 1.88 bits per heavy atom. The molecule has 2 aromatic rings. The predicted molar refractivity (Wildman–Crippen MR) is 104 cm³/mol. The summed E-state index contributed by atoms with van der Waals surface area (Å²) in [5, 5.41) is 2.84. The fraction of sp³-hybridized carbons (Fsp3) is 0.238. The van der Waals surface area contributed by atoms with E-state index >= 15 is 0 Å². The first-order chi connectivity index (χ1) is 11.5. The average molecular weight is 337 g/mol. The quantitative estimate of drug-likeness (QED) is 0.768. The van der Waals surface area contributed by atoms with E-state index in [0.717, 1.165) is 15.9 Å². The van der Waals surface area contributed by atoms with Crippen molar-refractivity contribution < 1.29 is 4.57 Å². The number of nitrogens with zero attached hydrogens (tertiary/aromatic N) is 1. The van der Waals surface area contributed by atoms with Gasteiger partial charge in [0, 0.05) is 27.9 Å². The van der Waals surface area contributed by atoms with E-state index in [2.05, 4.69) is 44.1 Å². The first kappa shape index (κ1) is 17.0. The molecule has 1 aliphatic carbocycles. The zero-order valence-corrected chi connectivity index (χ0v) is 15.4. The maximum atomic E-state index is 14.4. The normalized spacial score (nSPS) is 18.7. The van der Waals surface area contributed by atoms with Gasteiger partial charge in [-0.1, -0.05) is 78.9 Å². The van der Waals surface area contributed by atoms with Crippen LogP contribution in [0.4, 0.5) is 0 Å². The lowest BCUT2D eigenvalue weighted by molar-refractivity contribution is 0.280. The number of allylic oxidation sites excluding steroid dienone is 2. The molecule has 0 spiro atoms. The van der Waals surface area contributed by atoms with Crippen LogP contribution in [0.25, 0.3) is 0 Å². The molecule has 0 amide bonds. The van der Waals surface area contributed by atoms with Crippen LogP contribution in [0.2, 0.25) is 0 Å². The summed E-state index contributed by atoms with van der Waals surface area (Å²) in [6.45, 7) is 2.19. The lowest BCUT2D eigenvalue weighted by Crippen LogP contribution is -2.33. The Kier molecular flexibility index (Phi) is 4.89. The van der Waals surface area contributed by atoms with E-state index in [0.29, 0.717) is 0 Å². The summed E-state index contributed by atoms with van der Waals surface area (Å²) in [5.41, 5.74) is 0. The zero-order chi connectivity index (χ0) is 17.2. The second kappa shape index (κ2) is 6.93. The average Bonchev–Trinajstić information content (AvgIpc) is 3.12. The standard InChI is InChI=1S/C21H24NOP/c1-17(22(2)3)20-15-10-16-21(20)24(23,18-11-6-4-7-12-18)19-13-8-5-9-14-19/h4-17,20H,1-3H3/t17-,20?/m1/s1. The third kappa shape index (κ3) is 2.92. The third-order valence-electron chi connectivity index (χ3n) is 4.86. The fourth-order valence-electron chi connectivity index (χ4n) is 3.25. The molecule has 3 rings (SSSR count). The SMILES string of the molecule is C[C@H](C1C=CC=C1P(=O)(c1ccccc1)c1ccccc1)N(C)C. The van der Waals surface area contributed by atoms with Gasteiger partial charge < -0.3 is 9.46 Å². The van der Waals surface area contributed by atoms with Gasteiger partial charge in [-0.05, 0) is 21.0 Å². The number of hydrogen-bond acceptors (Lipinski definition) is 2. The van der Waals surface area contributed by atoms with Gasteiger partial charge in [-0.25, -0.2) is 0 Å². The Hall–Kier alpha value is -1.89. The van der Waals surface area contributed by atoms with Gasteiger partial charge in [0.25, 0.3) is 0 Å². The van der Waals surface area contributed by atoms with E-state index in [4.69, 9.17) is 0 Å². The van der Waals surface area contributed by atoms with Crippen LogP contribution >= 0.6 is 7.14 Å². The van der Waals surface area contributed by atoms with Gasteiger partial charge in [-0.15, -0.1) is 0 Å². The molecule has 0 radical (unpaired) electrons. The van der Waals surface area contributed by atoms with Gasteiger partial charge in [-0.2, -0.15) is 0 Å². The molecule has 2 aromatic carbocycles. The van der Waals surface area contributed by atoms with Crippen LogP contribution in [0.5, 0.6) is 0 Å². The summed E-state index contributed by atoms with van der Waals surface area (Å²) < 4.78 is 14.4. The van der Waals surface area contributed by atoms with E-state index in [9.17, 15) is 4.57 Å². The maximum absolute atomic E-state index is 14.4. The number of benzene rings is 2. The van der Waals surface area contributed by atoms with Gasteiger partial charge in [0.2, 0.25) is 0 Å². The number of rotatable bonds is 5. The summed E-state index contributed by atoms with van der Waals surface area (Å²) >= 11 is 0. The van der Waals surface area contributed by atoms with Crippen LogP contribution in [0.15, 0.2) is 84.2 Å². The van der Waals surface area contributed by atoms with E-state index in [-0.39, 0.29) is 12.0 Å². The highest BCUT2D eigenvalue weighted by Crippen LogP contribution is 2.57. The molecule has 0 heterocycles. The molecular weight excluding hydrogens is 313 g/mol. The molecule has 0 aromatic heterocycles. The Labute approximate surface area is 144 Å². The van der Waals surface area contributed by atoms with Crippen LogP contribution in [0, 0.1) is 5.92 Å². The molecule has 0 bridgehead atoms. The molecule has 0 saturated carbocycles. The molecule has 2 nitrogen and oxygen atoms in total. The van der Waals surface area contributed by atoms with Crippen molar-refractivity contribution in [3.05, 3.63) is 84.2 Å². The summed E-state index contributed by atoms with van der Waals surface area (Å²) in [6.07, 6.45) is 6.29. The topological polar surface area (TPSA) is 20.3 Å². The molecule has 1 unspecified atom stereocenters. The minimum atomic E-state index is -2.85. The Morgan fingerprint density at radius 2 is 1.42 bits per heavy atom. The van der Waals surface area contributed by atoms with E-state index in [1.165, 1.54) is 0 Å². The summed E-state index contributed by atoms with van der Waals surface area (Å²) in [7, 11) is 1.30. The molecule has 2 atom stereocenters. The van der Waals surface area contributed by atoms with Crippen LogP contribution in [-0.4, -0.2) is 25.0 Å². The van der Waals surface area contributed by atoms with Crippen LogP contribution in [0.1, 0.15) is 6.92 Å². The van der Waals surface area contributed by atoms with Crippen molar-refractivity contribution in [1.29, 1.82) is 0 Å². The van der Waals surface area contributed by atoms with Gasteiger partial charge in [-0.3, -0.25) is 0 Å². The summed E-state index contributed by atoms with van der Waals surface area (Å²) in [5.74, 6) is 0.159. The molecule has 124 valence electrons. The monoisotopic (exact) mass is 337 g/mol. The largest absolute Gasteiger partial charge is 0.309 e. The molecule has 0 N–H and O–H groups in total. The maximum Gasteiger partial charge on any atom is 0.167 e. The van der Waals surface area contributed by atoms with Crippen molar-refractivity contribution in [2.24, 2.45) is 5.92 Å². The Balaban J connectivity index is 2.16. The smallest absolute Gasteiger partial charge is 0.167 e. The highest BCUT2D eigenvalue weighted by Gasteiger charge is 2.38. The second-order valence-electron chi connectivity index (χ2n) is 6.49. The van der Waals surface area contributed by atoms with E-state index in [1.54, 1.807) is 0 Å². The highest BCUT2D eigenvalue weighted by molar-refractivity contribution is 7.82. The van der Waals surface area contributed by atoms with E-state index < -0.39 is 7.14 Å². The first-order valence-electron chi connectivity index (χ1n) is 8.32. The predicted octanol–water partition coefficient (Wildman–Crippen LogP) is 4.02. The van der Waals surface area contributed by atoms with Crippen LogP contribution in [-0.2, 0) is 4.57 Å². The second-order valence-corrected chi connectivity index (χ2v) is 9.25. The minimum Gasteiger partial charge on any atom is -0.309 e. The van der Waals surface area contributed by atoms with Crippen molar-refractivity contribution in [3.63, 3.8) is 0 Å². The van der Waals surface area contributed by atoms with Gasteiger partial charge in [0.1, 0.15) is 0 Å². The summed E-state index contributed by atoms with van der Waals surface area (Å²) in [6, 6.07) is 20.1. The van der Waals surface area contributed by atoms with Crippen LogP contribution in [0.3, 0.4) is 0 Å². The van der Waals surface area contributed by atoms with E-state index in [1.807, 2.05) is 60.7 Å². The molecule has 3 heteroatoms. The lowest BCUT2D eigenvalue weighted by atomic mass is 10.0. The molecule has 0 aliphatic heterocycles. The molecular formula is C21H24NOP. The number of hydrogen-bond donors (Lipinski definition) is 0. The van der Waals surface area contributed by atoms with Crippen molar-refractivity contribution >= 4 is 17.8 Å². The van der Waals surface area contributed by atoms with Gasteiger partial charge in [0.15, 0.2) is 7.14 Å². The fourth-order valence-corrected chi connectivity index (χ4v) is 6.35. The Bertz CT molecular complexity index is 750. The minimum absolute atomic E-state index is 0.159. The van der Waals surface area contributed by atoms with Crippen molar-refractivity contribution in [2.45, 2.75) is 13.0 Å². The molecule has 1 aliphatic rings. The molecule has 0 fully saturated rings. The highest BCUT2D eigenvalue weighted by atomic mass is 31.2. The van der Waals surface area contributed by atoms with Crippen LogP contribution < -0.4 is 10.6 Å². The lowest BCUT2D eigenvalue weighted by Gasteiger charge is -2.31. The first-order valence-corrected chi connectivity index (χ1v) is 10.0. The Morgan fingerprint density at radius 1 is 0.917 bits per heavy atom.